The lowest BCUT2D eigenvalue weighted by atomic mass is 9.89. The van der Waals surface area contributed by atoms with Crippen LogP contribution in [0.1, 0.15) is 33.6 Å². The highest BCUT2D eigenvalue weighted by Gasteiger charge is 2.47. The number of hydrogen-bond donors (Lipinski definition) is 0. The van der Waals surface area contributed by atoms with Crippen LogP contribution in [0.4, 0.5) is 0 Å². The zero-order chi connectivity index (χ0) is 20.0. The highest BCUT2D eigenvalue weighted by molar-refractivity contribution is 6.07. The number of ether oxygens (including phenoxy) is 2. The standard InChI is InChI=1S/C24H21NO4/c1-28-17-9-10-22-20(13-17)21(26)14-24(29-22)11-12-25(15-24)23(27)19-8-4-6-16-5-2-3-7-18(16)19/h2-10,13H,11-12,14-15H2,1H3. The summed E-state index contributed by atoms with van der Waals surface area (Å²) in [6.07, 6.45) is 0.910. The van der Waals surface area contributed by atoms with Crippen LogP contribution >= 0.6 is 0 Å². The van der Waals surface area contributed by atoms with Gasteiger partial charge in [-0.3, -0.25) is 9.59 Å². The predicted molar refractivity (Wildman–Crippen MR) is 110 cm³/mol. The van der Waals surface area contributed by atoms with Crippen molar-refractivity contribution in [3.8, 4) is 11.5 Å². The van der Waals surface area contributed by atoms with Crippen molar-refractivity contribution in [2.45, 2.75) is 18.4 Å². The number of fused-ring (bicyclic) bond motifs is 2. The Balaban J connectivity index is 1.42. The lowest BCUT2D eigenvalue weighted by Gasteiger charge is -2.34. The van der Waals surface area contributed by atoms with Crippen LogP contribution in [0.15, 0.2) is 60.7 Å². The van der Waals surface area contributed by atoms with E-state index < -0.39 is 5.60 Å². The number of rotatable bonds is 2. The summed E-state index contributed by atoms with van der Waals surface area (Å²) in [5.41, 5.74) is 0.583. The Morgan fingerprint density at radius 2 is 1.93 bits per heavy atom. The van der Waals surface area contributed by atoms with Gasteiger partial charge in [-0.15, -0.1) is 0 Å². The molecule has 0 aliphatic carbocycles. The van der Waals surface area contributed by atoms with Crippen LogP contribution in [0.2, 0.25) is 0 Å². The molecule has 1 fully saturated rings. The third kappa shape index (κ3) is 2.94. The van der Waals surface area contributed by atoms with E-state index in [0.29, 0.717) is 42.1 Å². The first-order chi connectivity index (χ1) is 14.1. The number of nitrogens with zero attached hydrogens (tertiary/aromatic N) is 1. The maximum Gasteiger partial charge on any atom is 0.254 e. The molecule has 0 radical (unpaired) electrons. The number of benzene rings is 3. The number of carbonyl (C=O) groups excluding carboxylic acids is 2. The van der Waals surface area contributed by atoms with Gasteiger partial charge < -0.3 is 14.4 Å². The molecule has 0 bridgehead atoms. The molecule has 29 heavy (non-hydrogen) atoms. The maximum absolute atomic E-state index is 13.3. The quantitative estimate of drug-likeness (QED) is 0.664. The van der Waals surface area contributed by atoms with Crippen LogP contribution in [0.3, 0.4) is 0 Å². The van der Waals surface area contributed by atoms with Gasteiger partial charge >= 0.3 is 0 Å². The van der Waals surface area contributed by atoms with Gasteiger partial charge in [0.05, 0.1) is 25.6 Å². The molecule has 0 saturated carbocycles. The van der Waals surface area contributed by atoms with Gasteiger partial charge in [-0.2, -0.15) is 0 Å². The summed E-state index contributed by atoms with van der Waals surface area (Å²) in [6, 6.07) is 19.0. The molecular weight excluding hydrogens is 366 g/mol. The van der Waals surface area contributed by atoms with Gasteiger partial charge in [-0.25, -0.2) is 0 Å². The minimum absolute atomic E-state index is 0.0183. The van der Waals surface area contributed by atoms with Crippen LogP contribution in [-0.4, -0.2) is 42.4 Å². The molecule has 2 heterocycles. The molecule has 0 aromatic heterocycles. The fourth-order valence-corrected chi connectivity index (χ4v) is 4.43. The summed E-state index contributed by atoms with van der Waals surface area (Å²) in [6.45, 7) is 0.979. The van der Waals surface area contributed by atoms with Crippen molar-refractivity contribution in [1.82, 2.24) is 4.90 Å². The van der Waals surface area contributed by atoms with Crippen molar-refractivity contribution in [2.24, 2.45) is 0 Å². The number of Topliss-reactive ketones (excluding diaryl/α,β-unsaturated/α-hetero) is 1. The fourth-order valence-electron chi connectivity index (χ4n) is 4.43. The Hall–Kier alpha value is -3.34. The molecule has 5 rings (SSSR count). The minimum atomic E-state index is -0.654. The largest absolute Gasteiger partial charge is 0.497 e. The van der Waals surface area contributed by atoms with Crippen LogP contribution in [0, 0.1) is 0 Å². The van der Waals surface area contributed by atoms with Crippen LogP contribution in [-0.2, 0) is 0 Å². The molecule has 146 valence electrons. The first-order valence-electron chi connectivity index (χ1n) is 9.76. The van der Waals surface area contributed by atoms with E-state index in [1.165, 1.54) is 0 Å². The number of methoxy groups -OCH3 is 1. The van der Waals surface area contributed by atoms with Crippen molar-refractivity contribution in [2.75, 3.05) is 20.2 Å². The molecule has 1 amide bonds. The van der Waals surface area contributed by atoms with E-state index in [1.54, 1.807) is 25.3 Å². The average Bonchev–Trinajstić information content (AvgIpc) is 3.15. The fraction of sp³-hybridized carbons (Fsp3) is 0.250. The van der Waals surface area contributed by atoms with E-state index in [2.05, 4.69) is 0 Å². The number of carbonyl (C=O) groups is 2. The van der Waals surface area contributed by atoms with Crippen molar-refractivity contribution < 1.29 is 19.1 Å². The third-order valence-corrected chi connectivity index (χ3v) is 5.92. The monoisotopic (exact) mass is 387 g/mol. The van der Waals surface area contributed by atoms with Crippen LogP contribution in [0.5, 0.6) is 11.5 Å². The smallest absolute Gasteiger partial charge is 0.254 e. The summed E-state index contributed by atoms with van der Waals surface area (Å²) in [5.74, 6) is 1.22. The normalized spacial score (nSPS) is 20.6. The molecule has 1 saturated heterocycles. The van der Waals surface area contributed by atoms with Gasteiger partial charge in [0.2, 0.25) is 0 Å². The third-order valence-electron chi connectivity index (χ3n) is 5.92. The first-order valence-corrected chi connectivity index (χ1v) is 9.76. The van der Waals surface area contributed by atoms with E-state index >= 15 is 0 Å². The number of likely N-dealkylation sites (tertiary alicyclic amines) is 1. The lowest BCUT2D eigenvalue weighted by molar-refractivity contribution is 0.0428. The molecule has 5 heteroatoms. The summed E-state index contributed by atoms with van der Waals surface area (Å²) >= 11 is 0. The van der Waals surface area contributed by atoms with Gasteiger partial charge in [0.25, 0.3) is 5.91 Å². The van der Waals surface area contributed by atoms with Crippen molar-refractivity contribution in [3.63, 3.8) is 0 Å². The topological polar surface area (TPSA) is 55.8 Å². The average molecular weight is 387 g/mol. The minimum Gasteiger partial charge on any atom is -0.497 e. The molecular formula is C24H21NO4. The highest BCUT2D eigenvalue weighted by Crippen LogP contribution is 2.40. The first kappa shape index (κ1) is 17.7. The number of amides is 1. The molecule has 5 nitrogen and oxygen atoms in total. The number of ketones is 1. The van der Waals surface area contributed by atoms with Gasteiger partial charge in [0.15, 0.2) is 5.78 Å². The second-order valence-corrected chi connectivity index (χ2v) is 7.75. The zero-order valence-corrected chi connectivity index (χ0v) is 16.2. The molecule has 2 aliphatic rings. The van der Waals surface area contributed by atoms with Gasteiger partial charge in [-0.1, -0.05) is 36.4 Å². The van der Waals surface area contributed by atoms with E-state index in [1.807, 2.05) is 47.4 Å². The van der Waals surface area contributed by atoms with Crippen molar-refractivity contribution in [1.29, 1.82) is 0 Å². The molecule has 2 aliphatic heterocycles. The molecule has 1 unspecified atom stereocenters. The van der Waals surface area contributed by atoms with Crippen molar-refractivity contribution >= 4 is 22.5 Å². The second kappa shape index (κ2) is 6.62. The SMILES string of the molecule is COc1ccc2c(c1)C(=O)CC1(CCN(C(=O)c3cccc4ccccc34)C1)O2. The highest BCUT2D eigenvalue weighted by atomic mass is 16.5. The van der Waals surface area contributed by atoms with Crippen molar-refractivity contribution in [3.05, 3.63) is 71.8 Å². The Bertz CT molecular complexity index is 1130. The molecule has 1 spiro atoms. The van der Waals surface area contributed by atoms with E-state index in [4.69, 9.17) is 9.47 Å². The van der Waals surface area contributed by atoms with Gasteiger partial charge in [-0.05, 0) is 35.0 Å². The summed E-state index contributed by atoms with van der Waals surface area (Å²) in [5, 5.41) is 1.98. The Morgan fingerprint density at radius 1 is 1.10 bits per heavy atom. The lowest BCUT2D eigenvalue weighted by Crippen LogP contribution is -2.45. The number of hydrogen-bond acceptors (Lipinski definition) is 4. The summed E-state index contributed by atoms with van der Waals surface area (Å²) in [7, 11) is 1.57. The van der Waals surface area contributed by atoms with Crippen LogP contribution < -0.4 is 9.47 Å². The molecule has 3 aromatic carbocycles. The summed E-state index contributed by atoms with van der Waals surface area (Å²) < 4.78 is 11.5. The van der Waals surface area contributed by atoms with Crippen LogP contribution in [0.25, 0.3) is 10.8 Å². The van der Waals surface area contributed by atoms with E-state index in [-0.39, 0.29) is 18.1 Å². The second-order valence-electron chi connectivity index (χ2n) is 7.75. The molecule has 3 aromatic rings. The Labute approximate surface area is 168 Å². The Morgan fingerprint density at radius 3 is 2.79 bits per heavy atom. The van der Waals surface area contributed by atoms with E-state index in [0.717, 1.165) is 10.8 Å². The van der Waals surface area contributed by atoms with Gasteiger partial charge in [0.1, 0.15) is 17.1 Å². The maximum atomic E-state index is 13.3. The van der Waals surface area contributed by atoms with Gasteiger partial charge in [0, 0.05) is 18.5 Å². The van der Waals surface area contributed by atoms with E-state index in [9.17, 15) is 9.59 Å². The predicted octanol–water partition coefficient (Wildman–Crippen LogP) is 4.10. The summed E-state index contributed by atoms with van der Waals surface area (Å²) in [4.78, 5) is 27.9. The molecule has 0 N–H and O–H groups in total. The zero-order valence-electron chi connectivity index (χ0n) is 16.2. The Kier molecular flexibility index (Phi) is 4.05. The molecule has 1 atom stereocenters.